The van der Waals surface area contributed by atoms with Crippen molar-refractivity contribution in [2.75, 3.05) is 13.2 Å². The molecular weight excluding hydrogens is 200 g/mol. The van der Waals surface area contributed by atoms with E-state index in [1.165, 1.54) is 0 Å². The normalized spacial score (nSPS) is 11.9. The van der Waals surface area contributed by atoms with Crippen molar-refractivity contribution in [2.45, 2.75) is 26.4 Å². The molecule has 1 unspecified atom stereocenters. The topological polar surface area (TPSA) is 72.8 Å². The van der Waals surface area contributed by atoms with E-state index in [1.807, 2.05) is 13.8 Å². The Hall–Kier alpha value is -1.36. The zero-order chi connectivity index (χ0) is 11.8. The Morgan fingerprint density at radius 2 is 2.00 bits per heavy atom. The van der Waals surface area contributed by atoms with E-state index in [-0.39, 0.29) is 12.7 Å². The molecular formula is C10H16O5. The molecule has 0 heterocycles. The van der Waals surface area contributed by atoms with Gasteiger partial charge in [0, 0.05) is 6.61 Å². The SMILES string of the molecule is C=C(C(=O)O)C(=O)OCC(CC)OCC. The first-order chi connectivity index (χ1) is 7.02. The van der Waals surface area contributed by atoms with Crippen molar-refractivity contribution in [1.29, 1.82) is 0 Å². The highest BCUT2D eigenvalue weighted by Gasteiger charge is 2.17. The number of carbonyl (C=O) groups is 2. The first-order valence-electron chi connectivity index (χ1n) is 4.73. The molecule has 0 aliphatic heterocycles. The maximum Gasteiger partial charge on any atom is 0.345 e. The Bertz CT molecular complexity index is 246. The monoisotopic (exact) mass is 216 g/mol. The Labute approximate surface area is 88.7 Å². The Balaban J connectivity index is 3.98. The second-order valence-electron chi connectivity index (χ2n) is 2.87. The summed E-state index contributed by atoms with van der Waals surface area (Å²) in [6.45, 7) is 7.39. The van der Waals surface area contributed by atoms with Crippen LogP contribution in [-0.4, -0.2) is 36.4 Å². The first-order valence-corrected chi connectivity index (χ1v) is 4.73. The van der Waals surface area contributed by atoms with E-state index >= 15 is 0 Å². The van der Waals surface area contributed by atoms with Crippen LogP contribution in [0.5, 0.6) is 0 Å². The molecule has 0 saturated carbocycles. The van der Waals surface area contributed by atoms with Crippen LogP contribution in [0, 0.1) is 0 Å². The van der Waals surface area contributed by atoms with Gasteiger partial charge >= 0.3 is 11.9 Å². The standard InChI is InChI=1S/C10H16O5/c1-4-8(14-5-2)6-15-10(13)7(3)9(11)12/h8H,3-6H2,1-2H3,(H,11,12). The van der Waals surface area contributed by atoms with E-state index in [1.54, 1.807) is 0 Å². The zero-order valence-electron chi connectivity index (χ0n) is 8.99. The molecule has 0 aromatic rings. The maximum absolute atomic E-state index is 11.1. The molecule has 1 N–H and O–H groups in total. The molecule has 0 aliphatic rings. The number of esters is 1. The number of aliphatic carboxylic acids is 1. The van der Waals surface area contributed by atoms with Gasteiger partial charge in [0.05, 0.1) is 6.10 Å². The highest BCUT2D eigenvalue weighted by Crippen LogP contribution is 2.01. The van der Waals surface area contributed by atoms with E-state index in [9.17, 15) is 9.59 Å². The van der Waals surface area contributed by atoms with Crippen molar-refractivity contribution >= 4 is 11.9 Å². The summed E-state index contributed by atoms with van der Waals surface area (Å²) in [7, 11) is 0. The van der Waals surface area contributed by atoms with Crippen LogP contribution in [0.25, 0.3) is 0 Å². The molecule has 0 aromatic heterocycles. The second-order valence-corrected chi connectivity index (χ2v) is 2.87. The van der Waals surface area contributed by atoms with Gasteiger partial charge in [-0.05, 0) is 13.3 Å². The summed E-state index contributed by atoms with van der Waals surface area (Å²) in [6.07, 6.45) is 0.501. The van der Waals surface area contributed by atoms with Gasteiger partial charge in [-0.2, -0.15) is 0 Å². The Kier molecular flexibility index (Phi) is 6.37. The van der Waals surface area contributed by atoms with Gasteiger partial charge in [-0.15, -0.1) is 0 Å². The van der Waals surface area contributed by atoms with Gasteiger partial charge in [-0.1, -0.05) is 13.5 Å². The van der Waals surface area contributed by atoms with Crippen LogP contribution >= 0.6 is 0 Å². The fourth-order valence-electron chi connectivity index (χ4n) is 0.863. The minimum Gasteiger partial charge on any atom is -0.477 e. The molecule has 86 valence electrons. The Morgan fingerprint density at radius 1 is 1.40 bits per heavy atom. The molecule has 15 heavy (non-hydrogen) atoms. The van der Waals surface area contributed by atoms with E-state index < -0.39 is 17.5 Å². The van der Waals surface area contributed by atoms with E-state index in [2.05, 4.69) is 6.58 Å². The minimum absolute atomic E-state index is 0.0511. The molecule has 0 rings (SSSR count). The summed E-state index contributed by atoms with van der Waals surface area (Å²) in [6, 6.07) is 0. The molecule has 0 aliphatic carbocycles. The smallest absolute Gasteiger partial charge is 0.345 e. The van der Waals surface area contributed by atoms with Gasteiger partial charge in [0.1, 0.15) is 12.2 Å². The zero-order valence-corrected chi connectivity index (χ0v) is 8.99. The Morgan fingerprint density at radius 3 is 2.40 bits per heavy atom. The highest BCUT2D eigenvalue weighted by molar-refractivity contribution is 6.12. The van der Waals surface area contributed by atoms with Crippen molar-refractivity contribution in [3.05, 3.63) is 12.2 Å². The van der Waals surface area contributed by atoms with Crippen LogP contribution in [0.15, 0.2) is 12.2 Å². The van der Waals surface area contributed by atoms with Gasteiger partial charge in [-0.3, -0.25) is 0 Å². The van der Waals surface area contributed by atoms with E-state index in [0.29, 0.717) is 13.0 Å². The van der Waals surface area contributed by atoms with Crippen molar-refractivity contribution in [3.63, 3.8) is 0 Å². The third kappa shape index (κ3) is 5.17. The molecule has 1 atom stereocenters. The summed E-state index contributed by atoms with van der Waals surface area (Å²) in [5.41, 5.74) is -0.568. The lowest BCUT2D eigenvalue weighted by molar-refractivity contribution is -0.147. The molecule has 5 nitrogen and oxygen atoms in total. The summed E-state index contributed by atoms with van der Waals surface area (Å²) in [5.74, 6) is -2.29. The fourth-order valence-corrected chi connectivity index (χ4v) is 0.863. The fraction of sp³-hybridized carbons (Fsp3) is 0.600. The van der Waals surface area contributed by atoms with Crippen molar-refractivity contribution in [2.24, 2.45) is 0 Å². The van der Waals surface area contributed by atoms with Crippen molar-refractivity contribution in [1.82, 2.24) is 0 Å². The predicted molar refractivity (Wildman–Crippen MR) is 53.4 cm³/mol. The third-order valence-electron chi connectivity index (χ3n) is 1.76. The summed E-state index contributed by atoms with van der Waals surface area (Å²) in [5, 5.41) is 8.45. The summed E-state index contributed by atoms with van der Waals surface area (Å²) < 4.78 is 9.95. The lowest BCUT2D eigenvalue weighted by Gasteiger charge is -2.14. The summed E-state index contributed by atoms with van der Waals surface area (Å²) in [4.78, 5) is 21.4. The lowest BCUT2D eigenvalue weighted by atomic mass is 10.3. The number of carboxylic acid groups (broad SMARTS) is 1. The number of rotatable bonds is 7. The average Bonchev–Trinajstić information content (AvgIpc) is 2.22. The van der Waals surface area contributed by atoms with Gasteiger partial charge in [0.25, 0.3) is 0 Å². The highest BCUT2D eigenvalue weighted by atomic mass is 16.6. The molecule has 0 saturated heterocycles. The van der Waals surface area contributed by atoms with Crippen LogP contribution in [0.2, 0.25) is 0 Å². The van der Waals surface area contributed by atoms with Gasteiger partial charge < -0.3 is 14.6 Å². The van der Waals surface area contributed by atoms with Gasteiger partial charge in [0.2, 0.25) is 0 Å². The molecule has 0 radical (unpaired) electrons. The molecule has 0 bridgehead atoms. The lowest BCUT2D eigenvalue weighted by Crippen LogP contribution is -2.23. The van der Waals surface area contributed by atoms with E-state index in [0.717, 1.165) is 0 Å². The summed E-state index contributed by atoms with van der Waals surface area (Å²) >= 11 is 0. The van der Waals surface area contributed by atoms with Crippen molar-refractivity contribution in [3.8, 4) is 0 Å². The third-order valence-corrected chi connectivity index (χ3v) is 1.76. The second kappa shape index (κ2) is 7.00. The number of carboxylic acids is 1. The van der Waals surface area contributed by atoms with Crippen LogP contribution in [-0.2, 0) is 19.1 Å². The molecule has 0 aromatic carbocycles. The predicted octanol–water partition coefficient (Wildman–Crippen LogP) is 0.985. The van der Waals surface area contributed by atoms with E-state index in [4.69, 9.17) is 14.6 Å². The number of hydrogen-bond acceptors (Lipinski definition) is 4. The van der Waals surface area contributed by atoms with Gasteiger partial charge in [0.15, 0.2) is 0 Å². The molecule has 0 fully saturated rings. The average molecular weight is 216 g/mol. The van der Waals surface area contributed by atoms with Crippen LogP contribution < -0.4 is 0 Å². The molecule has 0 spiro atoms. The van der Waals surface area contributed by atoms with Crippen LogP contribution in [0.3, 0.4) is 0 Å². The van der Waals surface area contributed by atoms with Crippen molar-refractivity contribution < 1.29 is 24.2 Å². The maximum atomic E-state index is 11.1. The quantitative estimate of drug-likeness (QED) is 0.297. The first kappa shape index (κ1) is 13.6. The number of carbonyl (C=O) groups excluding carboxylic acids is 1. The largest absolute Gasteiger partial charge is 0.477 e. The van der Waals surface area contributed by atoms with Gasteiger partial charge in [-0.25, -0.2) is 9.59 Å². The minimum atomic E-state index is -1.37. The molecule has 5 heteroatoms. The number of ether oxygens (including phenoxy) is 2. The molecule has 0 amide bonds. The number of hydrogen-bond donors (Lipinski definition) is 1. The van der Waals surface area contributed by atoms with Crippen LogP contribution in [0.1, 0.15) is 20.3 Å². The van der Waals surface area contributed by atoms with Crippen LogP contribution in [0.4, 0.5) is 0 Å².